The highest BCUT2D eigenvalue weighted by Gasteiger charge is 2.75. The van der Waals surface area contributed by atoms with Gasteiger partial charge in [-0.3, -0.25) is 14.4 Å². The Morgan fingerprint density at radius 1 is 1.33 bits per heavy atom. The molecule has 2 bridgehead atoms. The Hall–Kier alpha value is -0.800. The second-order valence-electron chi connectivity index (χ2n) is 9.47. The van der Waals surface area contributed by atoms with Gasteiger partial charge < -0.3 is 20.1 Å². The molecule has 30 heavy (non-hydrogen) atoms. The summed E-state index contributed by atoms with van der Waals surface area (Å²) in [7, 11) is 0. The number of likely N-dealkylation sites (tertiary alicyclic amines) is 1. The molecule has 3 heterocycles. The number of unbranched alkanes of at least 4 members (excludes halogenated alkanes) is 2. The zero-order chi connectivity index (χ0) is 22.3. The number of nitrogens with one attached hydrogen (secondary N) is 1. The molecule has 0 aromatic carbocycles. The summed E-state index contributed by atoms with van der Waals surface area (Å²) in [6.07, 6.45) is 2.83. The Morgan fingerprint density at radius 2 is 2.03 bits per heavy atom. The lowest BCUT2D eigenvalue weighted by Crippen LogP contribution is -2.57. The molecule has 6 atom stereocenters. The van der Waals surface area contributed by atoms with Crippen molar-refractivity contribution in [1.82, 2.24) is 10.2 Å². The first-order valence-electron chi connectivity index (χ1n) is 10.8. The van der Waals surface area contributed by atoms with Gasteiger partial charge in [0.05, 0.1) is 23.2 Å². The number of rotatable bonds is 8. The topological polar surface area (TPSA) is 95.9 Å². The van der Waals surface area contributed by atoms with Crippen LogP contribution in [0.4, 0.5) is 0 Å². The van der Waals surface area contributed by atoms with Crippen LogP contribution in [-0.2, 0) is 19.1 Å². The van der Waals surface area contributed by atoms with E-state index in [-0.39, 0.29) is 41.1 Å². The van der Waals surface area contributed by atoms with Crippen molar-refractivity contribution in [2.45, 2.75) is 79.8 Å². The minimum absolute atomic E-state index is 0.0558. The van der Waals surface area contributed by atoms with Crippen molar-refractivity contribution in [2.75, 3.05) is 19.8 Å². The molecule has 1 spiro atoms. The molecule has 0 aromatic heterocycles. The van der Waals surface area contributed by atoms with Crippen LogP contribution in [0.5, 0.6) is 0 Å². The van der Waals surface area contributed by atoms with Gasteiger partial charge in [0.1, 0.15) is 6.04 Å². The summed E-state index contributed by atoms with van der Waals surface area (Å²) in [5, 5.41) is 12.1. The molecule has 0 radical (unpaired) electrons. The van der Waals surface area contributed by atoms with Gasteiger partial charge in [-0.15, -0.1) is 11.8 Å². The number of carbonyl (C=O) groups is 3. The Bertz CT molecular complexity index is 699. The first-order chi connectivity index (χ1) is 14.1. The zero-order valence-electron chi connectivity index (χ0n) is 18.2. The van der Waals surface area contributed by atoms with E-state index in [1.54, 1.807) is 23.6 Å². The van der Waals surface area contributed by atoms with Crippen LogP contribution in [-0.4, -0.2) is 74.0 Å². The first-order valence-corrected chi connectivity index (χ1v) is 12.6. The summed E-state index contributed by atoms with van der Waals surface area (Å²) in [5.74, 6) is -1.67. The molecular formula is C21H33BrN2O5S. The van der Waals surface area contributed by atoms with Crippen molar-refractivity contribution in [3.8, 4) is 0 Å². The molecule has 3 saturated heterocycles. The van der Waals surface area contributed by atoms with Gasteiger partial charge in [-0.1, -0.05) is 15.9 Å². The molecule has 0 saturated carbocycles. The molecule has 7 nitrogen and oxygen atoms in total. The fraction of sp³-hybridized carbons (Fsp3) is 0.857. The number of fused-ring (bicyclic) bond motifs is 1. The number of hydrogen-bond donors (Lipinski definition) is 2. The largest absolute Gasteiger partial charge is 0.466 e. The van der Waals surface area contributed by atoms with Gasteiger partial charge in [-0.05, 0) is 53.4 Å². The maximum absolute atomic E-state index is 13.6. The van der Waals surface area contributed by atoms with Gasteiger partial charge >= 0.3 is 5.97 Å². The summed E-state index contributed by atoms with van der Waals surface area (Å²) in [4.78, 5) is 41.6. The van der Waals surface area contributed by atoms with Crippen molar-refractivity contribution in [3.05, 3.63) is 0 Å². The van der Waals surface area contributed by atoms with Crippen LogP contribution in [0.3, 0.4) is 0 Å². The average molecular weight is 505 g/mol. The second kappa shape index (κ2) is 8.98. The van der Waals surface area contributed by atoms with Crippen LogP contribution in [0.2, 0.25) is 0 Å². The maximum Gasteiger partial charge on any atom is 0.310 e. The van der Waals surface area contributed by atoms with Gasteiger partial charge in [-0.25, -0.2) is 0 Å². The smallest absolute Gasteiger partial charge is 0.310 e. The van der Waals surface area contributed by atoms with Crippen molar-refractivity contribution in [1.29, 1.82) is 0 Å². The van der Waals surface area contributed by atoms with E-state index in [4.69, 9.17) is 9.84 Å². The monoisotopic (exact) mass is 504 g/mol. The molecule has 3 rings (SSSR count). The lowest BCUT2D eigenvalue weighted by molar-refractivity contribution is -0.153. The molecule has 3 fully saturated rings. The fourth-order valence-electron chi connectivity index (χ4n) is 5.19. The van der Waals surface area contributed by atoms with Crippen LogP contribution in [0, 0.1) is 11.8 Å². The Labute approximate surface area is 191 Å². The summed E-state index contributed by atoms with van der Waals surface area (Å²) < 4.78 is 4.71. The number of esters is 1. The van der Waals surface area contributed by atoms with Crippen LogP contribution in [0.15, 0.2) is 0 Å². The average Bonchev–Trinajstić information content (AvgIpc) is 3.21. The van der Waals surface area contributed by atoms with Crippen LogP contribution in [0.25, 0.3) is 0 Å². The van der Waals surface area contributed by atoms with E-state index >= 15 is 0 Å². The predicted molar refractivity (Wildman–Crippen MR) is 119 cm³/mol. The number of hydrogen-bond acceptors (Lipinski definition) is 6. The minimum atomic E-state index is -0.625. The van der Waals surface area contributed by atoms with E-state index < -0.39 is 28.2 Å². The van der Waals surface area contributed by atoms with Gasteiger partial charge in [0, 0.05) is 28.8 Å². The molecule has 9 heteroatoms. The van der Waals surface area contributed by atoms with E-state index in [1.165, 1.54) is 0 Å². The SMILES string of the molecule is CCOC(=O)[C@H]1[C@@H]2SC3(CC2Br)C(C(=O)NC(C)(C)C)N(CCCCCO)C(=O)[C@H]13. The molecule has 3 aliphatic rings. The van der Waals surface area contributed by atoms with E-state index in [0.717, 1.165) is 6.42 Å². The highest BCUT2D eigenvalue weighted by molar-refractivity contribution is 9.09. The number of amides is 2. The Kier molecular flexibility index (Phi) is 7.14. The van der Waals surface area contributed by atoms with Crippen LogP contribution < -0.4 is 5.32 Å². The number of ether oxygens (including phenoxy) is 1. The number of carbonyl (C=O) groups excluding carboxylic acids is 3. The second-order valence-corrected chi connectivity index (χ2v) is 12.2. The molecule has 2 amide bonds. The van der Waals surface area contributed by atoms with E-state index in [9.17, 15) is 14.4 Å². The summed E-state index contributed by atoms with van der Waals surface area (Å²) >= 11 is 5.34. The maximum atomic E-state index is 13.6. The van der Waals surface area contributed by atoms with E-state index in [0.29, 0.717) is 25.8 Å². The molecule has 2 N–H and O–H groups in total. The Balaban J connectivity index is 1.95. The number of aliphatic hydroxyl groups is 1. The predicted octanol–water partition coefficient (Wildman–Crippen LogP) is 2.09. The molecule has 0 aliphatic carbocycles. The Morgan fingerprint density at radius 3 is 2.63 bits per heavy atom. The zero-order valence-corrected chi connectivity index (χ0v) is 20.6. The van der Waals surface area contributed by atoms with Gasteiger partial charge in [0.15, 0.2) is 0 Å². The van der Waals surface area contributed by atoms with E-state index in [1.807, 2.05) is 20.8 Å². The highest BCUT2D eigenvalue weighted by Crippen LogP contribution is 2.67. The molecule has 170 valence electrons. The van der Waals surface area contributed by atoms with Crippen molar-refractivity contribution >= 4 is 45.5 Å². The number of thioether (sulfide) groups is 1. The minimum Gasteiger partial charge on any atom is -0.466 e. The molecule has 3 unspecified atom stereocenters. The summed E-state index contributed by atoms with van der Waals surface area (Å²) in [5.41, 5.74) is -0.424. The third-order valence-corrected chi connectivity index (χ3v) is 9.37. The van der Waals surface area contributed by atoms with Crippen molar-refractivity contribution in [2.24, 2.45) is 11.8 Å². The lowest BCUT2D eigenvalue weighted by atomic mass is 9.71. The number of aliphatic hydroxyl groups excluding tert-OH is 1. The van der Waals surface area contributed by atoms with E-state index in [2.05, 4.69) is 21.2 Å². The third-order valence-electron chi connectivity index (χ3n) is 6.15. The normalized spacial score (nSPS) is 34.9. The van der Waals surface area contributed by atoms with Crippen molar-refractivity contribution in [3.63, 3.8) is 0 Å². The molecule has 3 aliphatic heterocycles. The number of nitrogens with zero attached hydrogens (tertiary/aromatic N) is 1. The molecule has 0 aromatic rings. The molecular weight excluding hydrogens is 472 g/mol. The standard InChI is InChI=1S/C21H33BrN2O5S/c1-5-29-19(28)13-14-18(27)24(9-7-6-8-10-25)16(17(26)23-20(2,3)4)21(14)11-12(22)15(13)30-21/h12-16,25H,5-11H2,1-4H3,(H,23,26)/t12?,13-,14+,15-,16?,21?/m1/s1. The first kappa shape index (κ1) is 23.9. The lowest BCUT2D eigenvalue weighted by Gasteiger charge is -2.36. The fourth-order valence-corrected chi connectivity index (χ4v) is 8.79. The number of alkyl halides is 1. The van der Waals surface area contributed by atoms with Gasteiger partial charge in [-0.2, -0.15) is 0 Å². The number of halogens is 1. The van der Waals surface area contributed by atoms with Gasteiger partial charge in [0.25, 0.3) is 0 Å². The van der Waals surface area contributed by atoms with Crippen LogP contribution in [0.1, 0.15) is 53.4 Å². The highest BCUT2D eigenvalue weighted by atomic mass is 79.9. The quantitative estimate of drug-likeness (QED) is 0.298. The van der Waals surface area contributed by atoms with Gasteiger partial charge in [0.2, 0.25) is 11.8 Å². The van der Waals surface area contributed by atoms with Crippen molar-refractivity contribution < 1.29 is 24.2 Å². The van der Waals surface area contributed by atoms with Crippen LogP contribution >= 0.6 is 27.7 Å². The summed E-state index contributed by atoms with van der Waals surface area (Å²) in [6, 6.07) is -0.613. The third kappa shape index (κ3) is 4.13. The summed E-state index contributed by atoms with van der Waals surface area (Å²) in [6.45, 7) is 8.38.